The molecule has 1 aromatic heterocycles. The number of hydrogen-bond donors (Lipinski definition) is 1. The molecule has 1 aromatic rings. The third-order valence-corrected chi connectivity index (χ3v) is 3.15. The first-order chi connectivity index (χ1) is 9.50. The molecule has 1 aliphatic heterocycles. The number of amides is 1. The summed E-state index contributed by atoms with van der Waals surface area (Å²) in [6.45, 7) is 4.51. The Morgan fingerprint density at radius 2 is 2.25 bits per heavy atom. The van der Waals surface area contributed by atoms with Gasteiger partial charge in [-0.15, -0.1) is 0 Å². The van der Waals surface area contributed by atoms with E-state index in [1.807, 2.05) is 13.8 Å². The second-order valence-corrected chi connectivity index (χ2v) is 4.93. The zero-order valence-corrected chi connectivity index (χ0v) is 11.4. The number of carbonyl (C=O) groups excluding carboxylic acids is 1. The van der Waals surface area contributed by atoms with E-state index in [-0.39, 0.29) is 25.0 Å². The van der Waals surface area contributed by atoms with Crippen LogP contribution >= 0.6 is 0 Å². The van der Waals surface area contributed by atoms with Gasteiger partial charge in [-0.2, -0.15) is 0 Å². The maximum Gasteiger partial charge on any atom is 0.334 e. The molecule has 0 aliphatic carbocycles. The number of carboxylic acids is 1. The van der Waals surface area contributed by atoms with Crippen LogP contribution in [0.25, 0.3) is 0 Å². The Labute approximate surface area is 116 Å². The van der Waals surface area contributed by atoms with E-state index in [1.54, 1.807) is 0 Å². The first-order valence-corrected chi connectivity index (χ1v) is 6.44. The van der Waals surface area contributed by atoms with Crippen molar-refractivity contribution >= 4 is 11.9 Å². The number of aliphatic carboxylic acids is 1. The van der Waals surface area contributed by atoms with Crippen molar-refractivity contribution in [1.82, 2.24) is 14.9 Å². The largest absolute Gasteiger partial charge is 0.479 e. The summed E-state index contributed by atoms with van der Waals surface area (Å²) >= 11 is 0. The minimum absolute atomic E-state index is 0.0423. The van der Waals surface area contributed by atoms with E-state index < -0.39 is 12.1 Å². The monoisotopic (exact) mass is 279 g/mol. The lowest BCUT2D eigenvalue weighted by atomic mass is 10.0. The van der Waals surface area contributed by atoms with Gasteiger partial charge >= 0.3 is 5.97 Å². The average Bonchev–Trinajstić information content (AvgIpc) is 2.46. The number of rotatable bonds is 3. The Kier molecular flexibility index (Phi) is 4.29. The smallest absolute Gasteiger partial charge is 0.334 e. The van der Waals surface area contributed by atoms with Crippen molar-refractivity contribution in [3.05, 3.63) is 23.8 Å². The highest BCUT2D eigenvalue weighted by molar-refractivity contribution is 5.95. The number of morpholine rings is 1. The van der Waals surface area contributed by atoms with Crippen LogP contribution in [0.2, 0.25) is 0 Å². The van der Waals surface area contributed by atoms with Crippen LogP contribution in [-0.2, 0) is 9.53 Å². The number of carboxylic acid groups (broad SMARTS) is 1. The molecule has 108 valence electrons. The summed E-state index contributed by atoms with van der Waals surface area (Å²) in [7, 11) is 0. The number of aromatic nitrogens is 2. The molecule has 2 rings (SSSR count). The topological polar surface area (TPSA) is 92.6 Å². The molecule has 1 amide bonds. The van der Waals surface area contributed by atoms with Crippen molar-refractivity contribution < 1.29 is 19.4 Å². The second kappa shape index (κ2) is 5.96. The Balaban J connectivity index is 2.21. The van der Waals surface area contributed by atoms with Gasteiger partial charge in [0.2, 0.25) is 0 Å². The van der Waals surface area contributed by atoms with Crippen LogP contribution in [0, 0.1) is 0 Å². The van der Waals surface area contributed by atoms with Gasteiger partial charge in [0, 0.05) is 12.7 Å². The van der Waals surface area contributed by atoms with Crippen LogP contribution in [0.4, 0.5) is 0 Å². The number of nitrogens with zero attached hydrogens (tertiary/aromatic N) is 3. The second-order valence-electron chi connectivity index (χ2n) is 4.93. The molecule has 1 saturated heterocycles. The summed E-state index contributed by atoms with van der Waals surface area (Å²) in [4.78, 5) is 32.9. The fraction of sp³-hybridized carbons (Fsp3) is 0.538. The quantitative estimate of drug-likeness (QED) is 0.867. The highest BCUT2D eigenvalue weighted by Crippen LogP contribution is 2.18. The normalized spacial score (nSPS) is 19.1. The lowest BCUT2D eigenvalue weighted by Crippen LogP contribution is -2.48. The summed E-state index contributed by atoms with van der Waals surface area (Å²) in [5, 5.41) is 8.96. The molecule has 1 N–H and O–H groups in total. The van der Waals surface area contributed by atoms with Crippen LogP contribution in [0.5, 0.6) is 0 Å². The molecule has 0 bridgehead atoms. The van der Waals surface area contributed by atoms with Gasteiger partial charge < -0.3 is 14.7 Å². The van der Waals surface area contributed by atoms with Crippen LogP contribution in [0.3, 0.4) is 0 Å². The van der Waals surface area contributed by atoms with Crippen molar-refractivity contribution in [2.45, 2.75) is 25.9 Å². The summed E-state index contributed by atoms with van der Waals surface area (Å²) in [6, 6.07) is 0. The van der Waals surface area contributed by atoms with E-state index in [4.69, 9.17) is 9.84 Å². The van der Waals surface area contributed by atoms with Gasteiger partial charge in [0.1, 0.15) is 6.33 Å². The van der Waals surface area contributed by atoms with Crippen LogP contribution in [-0.4, -0.2) is 57.7 Å². The third-order valence-electron chi connectivity index (χ3n) is 3.15. The Morgan fingerprint density at radius 3 is 2.90 bits per heavy atom. The molecule has 0 aromatic carbocycles. The maximum atomic E-state index is 12.5. The molecular formula is C13H17N3O4. The maximum absolute atomic E-state index is 12.5. The summed E-state index contributed by atoms with van der Waals surface area (Å²) in [5.74, 6) is -1.21. The molecule has 0 spiro atoms. The zero-order valence-electron chi connectivity index (χ0n) is 11.4. The van der Waals surface area contributed by atoms with Crippen molar-refractivity contribution in [3.8, 4) is 0 Å². The van der Waals surface area contributed by atoms with E-state index in [0.29, 0.717) is 17.8 Å². The molecule has 1 unspecified atom stereocenters. The first kappa shape index (κ1) is 14.4. The summed E-state index contributed by atoms with van der Waals surface area (Å²) in [5.41, 5.74) is 1.09. The predicted molar refractivity (Wildman–Crippen MR) is 69.4 cm³/mol. The Morgan fingerprint density at radius 1 is 1.50 bits per heavy atom. The molecule has 20 heavy (non-hydrogen) atoms. The third kappa shape index (κ3) is 2.93. The van der Waals surface area contributed by atoms with Gasteiger partial charge in [-0.25, -0.2) is 14.8 Å². The lowest BCUT2D eigenvalue weighted by Gasteiger charge is -2.31. The lowest BCUT2D eigenvalue weighted by molar-refractivity contribution is -0.154. The van der Waals surface area contributed by atoms with Gasteiger partial charge in [-0.3, -0.25) is 4.79 Å². The highest BCUT2D eigenvalue weighted by atomic mass is 16.5. The van der Waals surface area contributed by atoms with Crippen LogP contribution in [0.15, 0.2) is 12.5 Å². The van der Waals surface area contributed by atoms with Gasteiger partial charge in [0.15, 0.2) is 6.10 Å². The molecule has 1 fully saturated rings. The van der Waals surface area contributed by atoms with E-state index in [2.05, 4.69) is 9.97 Å². The number of carbonyl (C=O) groups is 2. The predicted octanol–water partition coefficient (Wildman–Crippen LogP) is 0.526. The molecule has 7 nitrogen and oxygen atoms in total. The van der Waals surface area contributed by atoms with E-state index >= 15 is 0 Å². The van der Waals surface area contributed by atoms with E-state index in [0.717, 1.165) is 0 Å². The summed E-state index contributed by atoms with van der Waals surface area (Å²) in [6.07, 6.45) is 1.92. The fourth-order valence-electron chi connectivity index (χ4n) is 2.12. The minimum Gasteiger partial charge on any atom is -0.479 e. The van der Waals surface area contributed by atoms with Gasteiger partial charge in [-0.1, -0.05) is 13.8 Å². The van der Waals surface area contributed by atoms with E-state index in [1.165, 1.54) is 17.4 Å². The van der Waals surface area contributed by atoms with Gasteiger partial charge in [-0.05, 0) is 5.92 Å². The van der Waals surface area contributed by atoms with Crippen molar-refractivity contribution in [2.24, 2.45) is 0 Å². The van der Waals surface area contributed by atoms with Crippen molar-refractivity contribution in [1.29, 1.82) is 0 Å². The molecule has 0 radical (unpaired) electrons. The fourth-order valence-corrected chi connectivity index (χ4v) is 2.12. The molecular weight excluding hydrogens is 262 g/mol. The number of ether oxygens (including phenoxy) is 1. The van der Waals surface area contributed by atoms with Crippen molar-refractivity contribution in [2.75, 3.05) is 19.7 Å². The number of hydrogen-bond acceptors (Lipinski definition) is 5. The zero-order chi connectivity index (χ0) is 14.7. The van der Waals surface area contributed by atoms with Gasteiger partial charge in [0.05, 0.1) is 24.4 Å². The molecule has 0 saturated carbocycles. The standard InChI is InChI=1S/C13H17N3O4/c1-8(2)11-9(5-14-7-15-11)12(17)16-3-4-20-10(6-16)13(18)19/h5,7-8,10H,3-4,6H2,1-2H3,(H,18,19). The van der Waals surface area contributed by atoms with E-state index in [9.17, 15) is 9.59 Å². The van der Waals surface area contributed by atoms with Crippen molar-refractivity contribution in [3.63, 3.8) is 0 Å². The molecule has 2 heterocycles. The minimum atomic E-state index is -1.06. The average molecular weight is 279 g/mol. The Bertz CT molecular complexity index is 518. The summed E-state index contributed by atoms with van der Waals surface area (Å²) < 4.78 is 5.11. The van der Waals surface area contributed by atoms with Gasteiger partial charge in [0.25, 0.3) is 5.91 Å². The molecule has 1 atom stereocenters. The molecule has 1 aliphatic rings. The molecule has 7 heteroatoms. The van der Waals surface area contributed by atoms with Crippen LogP contribution < -0.4 is 0 Å². The first-order valence-electron chi connectivity index (χ1n) is 6.44. The highest BCUT2D eigenvalue weighted by Gasteiger charge is 2.30. The SMILES string of the molecule is CC(C)c1ncncc1C(=O)N1CCOC(C(=O)O)C1. The van der Waals surface area contributed by atoms with Crippen LogP contribution in [0.1, 0.15) is 35.8 Å². The Hall–Kier alpha value is -2.02.